The summed E-state index contributed by atoms with van der Waals surface area (Å²) in [5.41, 5.74) is 2.86. The number of aliphatic hydroxyl groups is 1. The van der Waals surface area contributed by atoms with Gasteiger partial charge in [0.2, 0.25) is 0 Å². The highest BCUT2D eigenvalue weighted by atomic mass is 16.3. The molecule has 1 saturated carbocycles. The smallest absolute Gasteiger partial charge is 0.156 e. The Morgan fingerprint density at radius 3 is 3.04 bits per heavy atom. The highest BCUT2D eigenvalue weighted by molar-refractivity contribution is 5.82. The van der Waals surface area contributed by atoms with Crippen LogP contribution in [0.5, 0.6) is 0 Å². The Kier molecular flexibility index (Phi) is 4.13. The van der Waals surface area contributed by atoms with Crippen LogP contribution in [-0.2, 0) is 13.6 Å². The van der Waals surface area contributed by atoms with Crippen LogP contribution in [0.1, 0.15) is 31.7 Å². The Bertz CT molecular complexity index is 849. The predicted octanol–water partition coefficient (Wildman–Crippen LogP) is 3.47. The molecular weight excluding hydrogens is 314 g/mol. The zero-order valence-electron chi connectivity index (χ0n) is 14.8. The van der Waals surface area contributed by atoms with Gasteiger partial charge in [-0.05, 0) is 25.0 Å². The maximum absolute atomic E-state index is 9.74. The van der Waals surface area contributed by atoms with Gasteiger partial charge >= 0.3 is 0 Å². The minimum atomic E-state index is -0.0261. The molecule has 25 heavy (non-hydrogen) atoms. The second kappa shape index (κ2) is 6.32. The first kappa shape index (κ1) is 16.4. The van der Waals surface area contributed by atoms with Crippen LogP contribution in [0.3, 0.4) is 0 Å². The van der Waals surface area contributed by atoms with Gasteiger partial charge in [-0.1, -0.05) is 31.5 Å². The Hall–Kier alpha value is -2.11. The molecule has 2 atom stereocenters. The van der Waals surface area contributed by atoms with E-state index in [4.69, 9.17) is 4.42 Å². The normalized spacial score (nSPS) is 23.6. The van der Waals surface area contributed by atoms with Crippen LogP contribution in [0.2, 0.25) is 0 Å². The zero-order valence-corrected chi connectivity index (χ0v) is 14.8. The molecule has 0 amide bonds. The molecule has 0 radical (unpaired) electrons. The first-order chi connectivity index (χ1) is 12.1. The summed E-state index contributed by atoms with van der Waals surface area (Å²) in [4.78, 5) is 0. The Morgan fingerprint density at radius 2 is 2.24 bits per heavy atom. The fourth-order valence-electron chi connectivity index (χ4n) is 3.98. The number of rotatable bonds is 5. The highest BCUT2D eigenvalue weighted by Crippen LogP contribution is 2.38. The van der Waals surface area contributed by atoms with E-state index < -0.39 is 0 Å². The first-order valence-corrected chi connectivity index (χ1v) is 8.95. The van der Waals surface area contributed by atoms with Gasteiger partial charge in [0.05, 0.1) is 0 Å². The third-order valence-electron chi connectivity index (χ3n) is 5.55. The van der Waals surface area contributed by atoms with Crippen molar-refractivity contribution in [3.63, 3.8) is 0 Å². The lowest BCUT2D eigenvalue weighted by atomic mass is 9.86. The average Bonchev–Trinajstić information content (AvgIpc) is 3.29. The first-order valence-electron chi connectivity index (χ1n) is 8.95. The van der Waals surface area contributed by atoms with Gasteiger partial charge in [0, 0.05) is 48.8 Å². The molecule has 1 fully saturated rings. The van der Waals surface area contributed by atoms with Crippen molar-refractivity contribution in [3.8, 4) is 11.5 Å². The maximum Gasteiger partial charge on any atom is 0.156 e. The fraction of sp³-hybridized carbons (Fsp3) is 0.450. The number of hydrogen-bond acceptors (Lipinski definition) is 4. The van der Waals surface area contributed by atoms with Crippen LogP contribution in [0.15, 0.2) is 40.9 Å². The molecule has 2 unspecified atom stereocenters. The number of para-hydroxylation sites is 1. The number of hydrogen-bond donors (Lipinski definition) is 2. The number of nitrogens with zero attached hydrogens (tertiary/aromatic N) is 2. The molecule has 2 aromatic heterocycles. The number of nitrogens with one attached hydrogen (secondary N) is 1. The third kappa shape index (κ3) is 2.98. The monoisotopic (exact) mass is 339 g/mol. The largest absolute Gasteiger partial charge is 0.454 e. The van der Waals surface area contributed by atoms with Gasteiger partial charge in [-0.15, -0.1) is 0 Å². The molecule has 0 aliphatic heterocycles. The van der Waals surface area contributed by atoms with Crippen LogP contribution in [0.4, 0.5) is 0 Å². The Labute approximate surface area is 147 Å². The summed E-state index contributed by atoms with van der Waals surface area (Å²) in [5, 5.41) is 19.1. The van der Waals surface area contributed by atoms with E-state index in [2.05, 4.69) is 29.5 Å². The highest BCUT2D eigenvalue weighted by Gasteiger charge is 2.37. The quantitative estimate of drug-likeness (QED) is 0.747. The summed E-state index contributed by atoms with van der Waals surface area (Å²) in [5.74, 6) is 0.801. The van der Waals surface area contributed by atoms with E-state index >= 15 is 0 Å². The van der Waals surface area contributed by atoms with Crippen LogP contribution in [-0.4, -0.2) is 27.5 Å². The molecule has 1 aliphatic carbocycles. The number of fused-ring (bicyclic) bond motifs is 1. The average molecular weight is 339 g/mol. The Morgan fingerprint density at radius 1 is 1.40 bits per heavy atom. The van der Waals surface area contributed by atoms with Gasteiger partial charge < -0.3 is 14.8 Å². The molecule has 0 bridgehead atoms. The number of aromatic nitrogens is 2. The van der Waals surface area contributed by atoms with Crippen molar-refractivity contribution in [1.82, 2.24) is 15.1 Å². The number of aryl methyl sites for hydroxylation is 1. The lowest BCUT2D eigenvalue weighted by molar-refractivity contribution is 0.118. The van der Waals surface area contributed by atoms with Gasteiger partial charge in [0.15, 0.2) is 5.76 Å². The Balaban J connectivity index is 1.59. The molecule has 1 aromatic carbocycles. The van der Waals surface area contributed by atoms with Gasteiger partial charge in [0.25, 0.3) is 0 Å². The van der Waals surface area contributed by atoms with Crippen molar-refractivity contribution in [2.45, 2.75) is 38.8 Å². The molecule has 3 aromatic rings. The van der Waals surface area contributed by atoms with Crippen molar-refractivity contribution in [3.05, 3.63) is 42.1 Å². The van der Waals surface area contributed by atoms with E-state index in [9.17, 15) is 5.11 Å². The lowest BCUT2D eigenvalue weighted by Crippen LogP contribution is -2.41. The van der Waals surface area contributed by atoms with Crippen LogP contribution in [0, 0.1) is 5.41 Å². The summed E-state index contributed by atoms with van der Waals surface area (Å²) >= 11 is 0. The molecule has 0 saturated heterocycles. The van der Waals surface area contributed by atoms with Crippen LogP contribution in [0.25, 0.3) is 22.4 Å². The fourth-order valence-corrected chi connectivity index (χ4v) is 3.98. The number of aliphatic hydroxyl groups excluding tert-OH is 1. The number of furan rings is 1. The lowest BCUT2D eigenvalue weighted by Gasteiger charge is -2.30. The van der Waals surface area contributed by atoms with E-state index in [1.54, 1.807) is 0 Å². The number of benzene rings is 1. The molecular formula is C20H25N3O2. The van der Waals surface area contributed by atoms with Crippen LogP contribution < -0.4 is 5.32 Å². The van der Waals surface area contributed by atoms with Gasteiger partial charge in [-0.2, -0.15) is 5.10 Å². The minimum absolute atomic E-state index is 0.0261. The summed E-state index contributed by atoms with van der Waals surface area (Å²) in [6, 6.07) is 10.4. The maximum atomic E-state index is 9.74. The summed E-state index contributed by atoms with van der Waals surface area (Å²) in [6.45, 7) is 3.12. The molecule has 5 heteroatoms. The molecule has 0 spiro atoms. The summed E-state index contributed by atoms with van der Waals surface area (Å²) < 4.78 is 7.83. The van der Waals surface area contributed by atoms with E-state index in [1.165, 1.54) is 0 Å². The van der Waals surface area contributed by atoms with E-state index in [1.807, 2.05) is 36.1 Å². The van der Waals surface area contributed by atoms with E-state index in [-0.39, 0.29) is 12.0 Å². The van der Waals surface area contributed by atoms with Crippen molar-refractivity contribution >= 4 is 11.0 Å². The standard InChI is InChI=1S/C20H25N3O2/c1-20(13-24)9-5-8-18(20)21-11-15-12-23(2)22-19(15)17-10-14-6-3-4-7-16(14)25-17/h3-4,6-7,10,12,18,21,24H,5,8-9,11,13H2,1-2H3. The molecule has 2 N–H and O–H groups in total. The van der Waals surface area contributed by atoms with E-state index in [0.29, 0.717) is 6.04 Å². The molecule has 132 valence electrons. The molecule has 2 heterocycles. The SMILES string of the molecule is Cn1cc(CNC2CCCC2(C)CO)c(-c2cc3ccccc3o2)n1. The topological polar surface area (TPSA) is 63.2 Å². The van der Waals surface area contributed by atoms with Gasteiger partial charge in [-0.25, -0.2) is 0 Å². The summed E-state index contributed by atoms with van der Waals surface area (Å²) in [6.07, 6.45) is 5.39. The zero-order chi connectivity index (χ0) is 17.4. The second-order valence-corrected chi connectivity index (χ2v) is 7.46. The van der Waals surface area contributed by atoms with Crippen molar-refractivity contribution in [2.75, 3.05) is 6.61 Å². The molecule has 1 aliphatic rings. The third-order valence-corrected chi connectivity index (χ3v) is 5.55. The molecule has 4 rings (SSSR count). The van der Waals surface area contributed by atoms with Crippen molar-refractivity contribution < 1.29 is 9.52 Å². The van der Waals surface area contributed by atoms with Gasteiger partial charge in [-0.3, -0.25) is 4.68 Å². The predicted molar refractivity (Wildman–Crippen MR) is 98.1 cm³/mol. The van der Waals surface area contributed by atoms with E-state index in [0.717, 1.165) is 53.8 Å². The van der Waals surface area contributed by atoms with Crippen LogP contribution >= 0.6 is 0 Å². The van der Waals surface area contributed by atoms with Crippen molar-refractivity contribution in [2.24, 2.45) is 12.5 Å². The second-order valence-electron chi connectivity index (χ2n) is 7.46. The van der Waals surface area contributed by atoms with Crippen molar-refractivity contribution in [1.29, 1.82) is 0 Å². The summed E-state index contributed by atoms with van der Waals surface area (Å²) in [7, 11) is 1.93. The van der Waals surface area contributed by atoms with Gasteiger partial charge in [0.1, 0.15) is 11.3 Å². The molecule has 5 nitrogen and oxygen atoms in total. The minimum Gasteiger partial charge on any atom is -0.454 e.